The third kappa shape index (κ3) is 4.66. The number of fused-ring (bicyclic) bond motifs is 2. The normalized spacial score (nSPS) is 43.9. The van der Waals surface area contributed by atoms with Crippen LogP contribution in [0.25, 0.3) is 0 Å². The van der Waals surface area contributed by atoms with Crippen molar-refractivity contribution < 1.29 is 36.3 Å². The van der Waals surface area contributed by atoms with Crippen molar-refractivity contribution in [1.82, 2.24) is 0 Å². The first-order valence-electron chi connectivity index (χ1n) is 15.7. The number of hydrogen-bond donors (Lipinski definition) is 0. The maximum absolute atomic E-state index is 13.6. The lowest BCUT2D eigenvalue weighted by Gasteiger charge is -2.63. The summed E-state index contributed by atoms with van der Waals surface area (Å²) >= 11 is 0. The summed E-state index contributed by atoms with van der Waals surface area (Å²) in [4.78, 5) is 38.2. The topological polar surface area (TPSA) is 127 Å². The van der Waals surface area contributed by atoms with E-state index in [1.165, 1.54) is 6.92 Å². The average Bonchev–Trinajstić information content (AvgIpc) is 3.44. The van der Waals surface area contributed by atoms with Crippen LogP contribution in [0.15, 0.2) is 0 Å². The molecule has 8 nitrogen and oxygen atoms in total. The van der Waals surface area contributed by atoms with E-state index in [0.717, 1.165) is 51.4 Å². The molecule has 41 heavy (non-hydrogen) atoms. The minimum Gasteiger partial charge on any atom is -0.726 e. The fraction of sp³-hybridized carbons (Fsp3) is 0.906. The number of esters is 1. The monoisotopic (exact) mass is 593 g/mol. The van der Waals surface area contributed by atoms with Gasteiger partial charge in [0.05, 0.1) is 12.0 Å². The number of hydrogen-bond acceptors (Lipinski definition) is 8. The second-order valence-electron chi connectivity index (χ2n) is 15.5. The van der Waals surface area contributed by atoms with Gasteiger partial charge < -0.3 is 9.29 Å². The third-order valence-electron chi connectivity index (χ3n) is 13.4. The highest BCUT2D eigenvalue weighted by Crippen LogP contribution is 2.88. The van der Waals surface area contributed by atoms with Crippen LogP contribution in [-0.2, 0) is 33.7 Å². The number of rotatable bonds is 10. The van der Waals surface area contributed by atoms with Gasteiger partial charge in [-0.3, -0.25) is 18.6 Å². The van der Waals surface area contributed by atoms with Crippen LogP contribution in [0.4, 0.5) is 0 Å². The van der Waals surface area contributed by atoms with E-state index in [2.05, 4.69) is 34.6 Å². The van der Waals surface area contributed by atoms with E-state index in [1.807, 2.05) is 0 Å². The highest BCUT2D eigenvalue weighted by Gasteiger charge is 2.83. The predicted molar refractivity (Wildman–Crippen MR) is 151 cm³/mol. The van der Waals surface area contributed by atoms with Crippen molar-refractivity contribution in [2.45, 2.75) is 112 Å². The molecule has 0 aliphatic heterocycles. The quantitative estimate of drug-likeness (QED) is 0.181. The van der Waals surface area contributed by atoms with Gasteiger partial charge in [-0.1, -0.05) is 34.6 Å². The second kappa shape index (κ2) is 10.1. The van der Waals surface area contributed by atoms with Crippen LogP contribution in [0.1, 0.15) is 112 Å². The van der Waals surface area contributed by atoms with Crippen LogP contribution in [0.5, 0.6) is 0 Å². The van der Waals surface area contributed by atoms with Crippen LogP contribution in [0, 0.1) is 56.7 Å². The molecule has 2 spiro atoms. The molecule has 5 fully saturated rings. The van der Waals surface area contributed by atoms with Gasteiger partial charge in [0.25, 0.3) is 0 Å². The zero-order valence-corrected chi connectivity index (χ0v) is 26.6. The first kappa shape index (κ1) is 31.1. The molecule has 0 bridgehead atoms. The van der Waals surface area contributed by atoms with Crippen molar-refractivity contribution in [3.8, 4) is 0 Å². The Kier molecular flexibility index (Phi) is 7.68. The molecule has 9 atom stereocenters. The molecule has 0 radical (unpaired) electrons. The summed E-state index contributed by atoms with van der Waals surface area (Å²) in [6.07, 6.45) is 9.38. The van der Waals surface area contributed by atoms with Crippen molar-refractivity contribution in [3.05, 3.63) is 0 Å². The zero-order valence-electron chi connectivity index (χ0n) is 25.8. The van der Waals surface area contributed by atoms with Gasteiger partial charge in [-0.15, -0.1) is 0 Å². The molecule has 0 aromatic rings. The molecular formula is C32H49O8S-. The van der Waals surface area contributed by atoms with E-state index in [0.29, 0.717) is 42.3 Å². The van der Waals surface area contributed by atoms with Gasteiger partial charge in [0.15, 0.2) is 0 Å². The van der Waals surface area contributed by atoms with Gasteiger partial charge in [-0.05, 0) is 103 Å². The number of ether oxygens (including phenoxy) is 1. The molecule has 0 amide bonds. The van der Waals surface area contributed by atoms with Gasteiger partial charge in [0, 0.05) is 26.2 Å². The molecule has 5 aliphatic carbocycles. The molecule has 5 rings (SSSR count). The maximum atomic E-state index is 13.6. The fourth-order valence-corrected chi connectivity index (χ4v) is 12.0. The van der Waals surface area contributed by atoms with Crippen molar-refractivity contribution >= 4 is 27.9 Å². The number of ketones is 2. The molecule has 0 aromatic carbocycles. The van der Waals surface area contributed by atoms with Crippen LogP contribution in [-0.4, -0.2) is 43.7 Å². The second-order valence-corrected chi connectivity index (χ2v) is 16.6. The first-order chi connectivity index (χ1) is 19.0. The largest absolute Gasteiger partial charge is 0.726 e. The van der Waals surface area contributed by atoms with Gasteiger partial charge >= 0.3 is 5.97 Å². The van der Waals surface area contributed by atoms with E-state index in [1.54, 1.807) is 0 Å². The van der Waals surface area contributed by atoms with E-state index in [-0.39, 0.29) is 46.4 Å². The van der Waals surface area contributed by atoms with Crippen molar-refractivity contribution in [2.75, 3.05) is 13.2 Å². The summed E-state index contributed by atoms with van der Waals surface area (Å²) in [6, 6.07) is 0. The molecule has 9 heteroatoms. The summed E-state index contributed by atoms with van der Waals surface area (Å²) in [5, 5.41) is 0. The van der Waals surface area contributed by atoms with E-state index >= 15 is 0 Å². The molecule has 5 aliphatic rings. The lowest BCUT2D eigenvalue weighted by Crippen LogP contribution is -2.60. The molecule has 5 saturated carbocycles. The highest BCUT2D eigenvalue weighted by atomic mass is 32.3. The standard InChI is InChI=1S/C32H50O8S/c1-20(2)15-23(34)16-21(3)24-9-11-29(6)25-7-8-26-30(18-39-22(4)33,19-40-41(36,37)38)27(35)10-12-31(26)17-32(25,31)14-13-28(24,29)5/h20-21,24-26H,7-19H2,1-6H3,(H,36,37,38)/p-1/t21-,24-,25+,26+,28-,29+,30+,31-,32+/m1/s1. The molecule has 232 valence electrons. The average molecular weight is 594 g/mol. The van der Waals surface area contributed by atoms with Gasteiger partial charge in [-0.2, -0.15) is 0 Å². The smallest absolute Gasteiger partial charge is 0.302 e. The molecular weight excluding hydrogens is 544 g/mol. The molecule has 0 saturated heterocycles. The number of carbonyl (C=O) groups is 3. The van der Waals surface area contributed by atoms with Gasteiger partial charge in [-0.25, -0.2) is 8.42 Å². The minimum absolute atomic E-state index is 0.0638. The number of carbonyl (C=O) groups excluding carboxylic acids is 3. The van der Waals surface area contributed by atoms with E-state index in [9.17, 15) is 27.4 Å². The van der Waals surface area contributed by atoms with Crippen molar-refractivity contribution in [1.29, 1.82) is 0 Å². The fourth-order valence-electron chi connectivity index (χ4n) is 11.7. The zero-order chi connectivity index (χ0) is 30.2. The van der Waals surface area contributed by atoms with Gasteiger partial charge in [0.1, 0.15) is 18.2 Å². The lowest BCUT2D eigenvalue weighted by molar-refractivity contribution is -0.176. The summed E-state index contributed by atoms with van der Waals surface area (Å²) in [6.45, 7) is 11.9. The summed E-state index contributed by atoms with van der Waals surface area (Å²) in [5.41, 5.74) is -1.14. The Morgan fingerprint density at radius 3 is 2.22 bits per heavy atom. The summed E-state index contributed by atoms with van der Waals surface area (Å²) in [7, 11) is -5.02. The van der Waals surface area contributed by atoms with Crippen molar-refractivity contribution in [3.63, 3.8) is 0 Å². The highest BCUT2D eigenvalue weighted by molar-refractivity contribution is 7.80. The van der Waals surface area contributed by atoms with E-state index in [4.69, 9.17) is 8.92 Å². The Hall–Kier alpha value is -1.32. The van der Waals surface area contributed by atoms with Crippen LogP contribution >= 0.6 is 0 Å². The van der Waals surface area contributed by atoms with Crippen molar-refractivity contribution in [2.24, 2.45) is 56.7 Å². The molecule has 0 heterocycles. The predicted octanol–water partition coefficient (Wildman–Crippen LogP) is 5.64. The number of Topliss-reactive ketones (excluding diaryl/α,β-unsaturated/α-hetero) is 2. The van der Waals surface area contributed by atoms with E-state index < -0.39 is 28.4 Å². The Bertz CT molecular complexity index is 1210. The Morgan fingerprint density at radius 1 is 0.927 bits per heavy atom. The van der Waals surface area contributed by atoms with Crippen LogP contribution in [0.2, 0.25) is 0 Å². The Balaban J connectivity index is 1.44. The Labute approximate surface area is 246 Å². The summed E-state index contributed by atoms with van der Waals surface area (Å²) < 4.78 is 44.8. The van der Waals surface area contributed by atoms with Crippen LogP contribution in [0.3, 0.4) is 0 Å². The molecule has 0 aromatic heterocycles. The molecule has 0 unspecified atom stereocenters. The van der Waals surface area contributed by atoms with Crippen LogP contribution < -0.4 is 0 Å². The first-order valence-corrected chi connectivity index (χ1v) is 17.1. The molecule has 0 N–H and O–H groups in total. The lowest BCUT2D eigenvalue weighted by atomic mass is 9.41. The minimum atomic E-state index is -5.02. The maximum Gasteiger partial charge on any atom is 0.302 e. The van der Waals surface area contributed by atoms with Gasteiger partial charge in [0.2, 0.25) is 10.4 Å². The summed E-state index contributed by atoms with van der Waals surface area (Å²) in [5.74, 6) is 1.19. The third-order valence-corrected chi connectivity index (χ3v) is 13.8. The Morgan fingerprint density at radius 2 is 1.59 bits per heavy atom. The SMILES string of the molecule is CC(=O)OC[C@@]1(COS(=O)(=O)[O-])C(=O)CC[C@]23C[C@]24CC[C@]2(C)[C@@H]([C@H](C)CC(=O)CC(C)C)CC[C@@]2(C)[C@@H]4CC[C@@H]13.